The van der Waals surface area contributed by atoms with E-state index in [0.29, 0.717) is 16.7 Å². The van der Waals surface area contributed by atoms with E-state index in [4.69, 9.17) is 4.74 Å². The van der Waals surface area contributed by atoms with E-state index in [0.717, 1.165) is 6.42 Å². The lowest BCUT2D eigenvalue weighted by atomic mass is 9.58. The summed E-state index contributed by atoms with van der Waals surface area (Å²) in [5.41, 5.74) is 0.291. The molecule has 0 aromatic heterocycles. The highest BCUT2D eigenvalue weighted by molar-refractivity contribution is 9.09. The molecule has 0 radical (unpaired) electrons. The van der Waals surface area contributed by atoms with Crippen LogP contribution in [-0.2, 0) is 9.53 Å². The third-order valence-electron chi connectivity index (χ3n) is 5.75. The van der Waals surface area contributed by atoms with E-state index in [1.807, 2.05) is 6.08 Å². The van der Waals surface area contributed by atoms with E-state index in [1.165, 1.54) is 6.42 Å². The largest absolute Gasteiger partial charge is 0.370 e. The molecule has 2 saturated carbocycles. The molecule has 0 aromatic rings. The molecule has 92 valence electrons. The lowest BCUT2D eigenvalue weighted by Crippen LogP contribution is -2.53. The minimum absolute atomic E-state index is 0.0414. The molecular weight excluding hydrogens is 280 g/mol. The Hall–Kier alpha value is -0.150. The van der Waals surface area contributed by atoms with Crippen LogP contribution >= 0.6 is 15.9 Å². The van der Waals surface area contributed by atoms with Gasteiger partial charge in [0.1, 0.15) is 0 Å². The summed E-state index contributed by atoms with van der Waals surface area (Å²) in [7, 11) is 0. The Morgan fingerprint density at radius 1 is 1.53 bits per heavy atom. The van der Waals surface area contributed by atoms with Gasteiger partial charge in [0.15, 0.2) is 5.78 Å². The van der Waals surface area contributed by atoms with Crippen LogP contribution < -0.4 is 0 Å². The van der Waals surface area contributed by atoms with Crippen LogP contribution in [0.25, 0.3) is 0 Å². The minimum atomic E-state index is 0.0414. The molecule has 2 nitrogen and oxygen atoms in total. The van der Waals surface area contributed by atoms with Crippen LogP contribution in [0.3, 0.4) is 0 Å². The summed E-state index contributed by atoms with van der Waals surface area (Å²) in [6.45, 7) is 4.33. The fourth-order valence-electron chi connectivity index (χ4n) is 5.12. The van der Waals surface area contributed by atoms with Crippen molar-refractivity contribution in [3.8, 4) is 0 Å². The van der Waals surface area contributed by atoms with Crippen LogP contribution in [0.5, 0.6) is 0 Å². The number of ether oxygens (including phenoxy) is 1. The molecule has 0 aromatic carbocycles. The molecule has 1 spiro atoms. The van der Waals surface area contributed by atoms with Crippen LogP contribution in [-0.4, -0.2) is 22.3 Å². The molecule has 4 bridgehead atoms. The minimum Gasteiger partial charge on any atom is -0.370 e. The Labute approximate surface area is 110 Å². The van der Waals surface area contributed by atoms with Crippen molar-refractivity contribution in [2.24, 2.45) is 23.2 Å². The average molecular weight is 297 g/mol. The molecule has 0 amide bonds. The van der Waals surface area contributed by atoms with E-state index in [-0.39, 0.29) is 28.8 Å². The number of halogens is 1. The van der Waals surface area contributed by atoms with Gasteiger partial charge in [-0.2, -0.15) is 0 Å². The zero-order valence-electron chi connectivity index (χ0n) is 10.2. The van der Waals surface area contributed by atoms with Gasteiger partial charge in [-0.25, -0.2) is 0 Å². The number of ketones is 1. The molecule has 2 saturated heterocycles. The second kappa shape index (κ2) is 2.88. The lowest BCUT2D eigenvalue weighted by molar-refractivity contribution is -0.147. The fourth-order valence-corrected chi connectivity index (χ4v) is 6.30. The molecule has 5 unspecified atom stereocenters. The summed E-state index contributed by atoms with van der Waals surface area (Å²) in [5, 5.41) is 0. The van der Waals surface area contributed by atoms with Gasteiger partial charge in [0.05, 0.1) is 11.7 Å². The standard InChI is InChI=1S/C14H17BrO2/c1-7-9(16)3-4-14-5-8-11(15)12(10(7)14)17-13(8,2)6-14/h3-4,7-8,10-12H,5-6H2,1-2H3/t7-,8?,10?,11+,12?,13?,14?/m1/s1. The molecule has 7 atom stereocenters. The van der Waals surface area contributed by atoms with Crippen LogP contribution in [0.1, 0.15) is 26.7 Å². The maximum absolute atomic E-state index is 11.9. The number of rotatable bonds is 0. The zero-order chi connectivity index (χ0) is 12.0. The van der Waals surface area contributed by atoms with Crippen LogP contribution in [0.15, 0.2) is 12.2 Å². The number of carbonyl (C=O) groups excluding carboxylic acids is 1. The summed E-state index contributed by atoms with van der Waals surface area (Å²) in [6.07, 6.45) is 6.57. The highest BCUT2D eigenvalue weighted by atomic mass is 79.9. The van der Waals surface area contributed by atoms with Crippen LogP contribution in [0.2, 0.25) is 0 Å². The molecule has 3 heteroatoms. The second-order valence-corrected chi connectivity index (χ2v) is 7.67. The van der Waals surface area contributed by atoms with Crippen molar-refractivity contribution in [2.75, 3.05) is 0 Å². The highest BCUT2D eigenvalue weighted by Gasteiger charge is 2.71. The van der Waals surface area contributed by atoms with E-state index in [9.17, 15) is 4.79 Å². The zero-order valence-corrected chi connectivity index (χ0v) is 11.7. The molecule has 4 fully saturated rings. The van der Waals surface area contributed by atoms with Crippen molar-refractivity contribution in [1.29, 1.82) is 0 Å². The Balaban J connectivity index is 1.88. The van der Waals surface area contributed by atoms with Crippen molar-refractivity contribution in [1.82, 2.24) is 0 Å². The van der Waals surface area contributed by atoms with Gasteiger partial charge in [-0.3, -0.25) is 4.79 Å². The summed E-state index contributed by atoms with van der Waals surface area (Å²) in [6, 6.07) is 0. The Kier molecular flexibility index (Phi) is 1.82. The summed E-state index contributed by atoms with van der Waals surface area (Å²) in [4.78, 5) is 12.4. The van der Waals surface area contributed by atoms with Gasteiger partial charge in [-0.15, -0.1) is 0 Å². The lowest BCUT2D eigenvalue weighted by Gasteiger charge is -2.50. The number of hydrogen-bond donors (Lipinski definition) is 0. The Bertz CT molecular complexity index is 446. The smallest absolute Gasteiger partial charge is 0.158 e. The molecule has 2 heterocycles. The van der Waals surface area contributed by atoms with Gasteiger partial charge in [0.25, 0.3) is 0 Å². The van der Waals surface area contributed by atoms with Crippen LogP contribution in [0, 0.1) is 23.2 Å². The average Bonchev–Trinajstić information content (AvgIpc) is 2.60. The molecular formula is C14H17BrO2. The summed E-state index contributed by atoms with van der Waals surface area (Å²) >= 11 is 3.83. The molecule has 5 rings (SSSR count). The van der Waals surface area contributed by atoms with Gasteiger partial charge in [0.2, 0.25) is 0 Å². The topological polar surface area (TPSA) is 26.3 Å². The molecule has 17 heavy (non-hydrogen) atoms. The third kappa shape index (κ3) is 1.05. The van der Waals surface area contributed by atoms with Gasteiger partial charge in [-0.05, 0) is 31.3 Å². The highest BCUT2D eigenvalue weighted by Crippen LogP contribution is 2.70. The van der Waals surface area contributed by atoms with Gasteiger partial charge < -0.3 is 4.74 Å². The van der Waals surface area contributed by atoms with E-state index < -0.39 is 0 Å². The first-order valence-electron chi connectivity index (χ1n) is 6.52. The van der Waals surface area contributed by atoms with Crippen molar-refractivity contribution in [2.45, 2.75) is 43.2 Å². The van der Waals surface area contributed by atoms with Gasteiger partial charge >= 0.3 is 0 Å². The predicted molar refractivity (Wildman–Crippen MR) is 68.0 cm³/mol. The Morgan fingerprint density at radius 2 is 2.29 bits per heavy atom. The molecule has 5 aliphatic rings. The molecule has 0 N–H and O–H groups in total. The fraction of sp³-hybridized carbons (Fsp3) is 0.786. The SMILES string of the molecule is C[C@@H]1C(=O)C=CC23CC4[C@H](Br)C(OC4(C)C2)C13. The predicted octanol–water partition coefficient (Wildman–Crippen LogP) is 2.71. The quantitative estimate of drug-likeness (QED) is 0.643. The molecule has 2 aliphatic heterocycles. The number of alkyl halides is 1. The van der Waals surface area contributed by atoms with Gasteiger partial charge in [-0.1, -0.05) is 28.9 Å². The van der Waals surface area contributed by atoms with Crippen molar-refractivity contribution in [3.63, 3.8) is 0 Å². The van der Waals surface area contributed by atoms with Crippen molar-refractivity contribution < 1.29 is 9.53 Å². The first-order chi connectivity index (χ1) is 7.97. The number of carbonyl (C=O) groups is 1. The first-order valence-corrected chi connectivity index (χ1v) is 7.43. The maximum atomic E-state index is 11.9. The van der Waals surface area contributed by atoms with E-state index >= 15 is 0 Å². The first kappa shape index (κ1) is 10.7. The Morgan fingerprint density at radius 3 is 3.00 bits per heavy atom. The van der Waals surface area contributed by atoms with Crippen molar-refractivity contribution in [3.05, 3.63) is 12.2 Å². The van der Waals surface area contributed by atoms with Crippen molar-refractivity contribution >= 4 is 21.7 Å². The number of allylic oxidation sites excluding steroid dienone is 2. The maximum Gasteiger partial charge on any atom is 0.158 e. The second-order valence-electron chi connectivity index (χ2n) is 6.61. The summed E-state index contributed by atoms with van der Waals surface area (Å²) < 4.78 is 6.30. The normalized spacial score (nSPS) is 63.2. The monoisotopic (exact) mass is 296 g/mol. The molecule has 3 aliphatic carbocycles. The van der Waals surface area contributed by atoms with Crippen LogP contribution in [0.4, 0.5) is 0 Å². The van der Waals surface area contributed by atoms with Gasteiger partial charge in [0, 0.05) is 22.6 Å². The van der Waals surface area contributed by atoms with E-state index in [2.05, 4.69) is 35.9 Å². The number of hydrogen-bond acceptors (Lipinski definition) is 2. The summed E-state index contributed by atoms with van der Waals surface area (Å²) in [5.74, 6) is 1.40. The van der Waals surface area contributed by atoms with E-state index in [1.54, 1.807) is 0 Å². The third-order valence-corrected chi connectivity index (χ3v) is 6.91.